The van der Waals surface area contributed by atoms with Crippen molar-refractivity contribution in [2.24, 2.45) is 0 Å². The Morgan fingerprint density at radius 2 is 1.95 bits per heavy atom. The second-order valence-corrected chi connectivity index (χ2v) is 6.19. The molecule has 0 aliphatic carbocycles. The molecule has 0 radical (unpaired) electrons. The zero-order chi connectivity index (χ0) is 14.7. The fourth-order valence-electron chi connectivity index (χ4n) is 1.63. The van der Waals surface area contributed by atoms with Gasteiger partial charge in [0.1, 0.15) is 0 Å². The van der Waals surface area contributed by atoms with Crippen LogP contribution in [0.3, 0.4) is 0 Å². The molecule has 0 aromatic heterocycles. The van der Waals surface area contributed by atoms with Gasteiger partial charge in [-0.15, -0.1) is 0 Å². The van der Waals surface area contributed by atoms with Crippen LogP contribution in [0.25, 0.3) is 0 Å². The van der Waals surface area contributed by atoms with Crippen LogP contribution >= 0.6 is 43.5 Å². The third-order valence-corrected chi connectivity index (χ3v) is 4.16. The average Bonchev–Trinajstić information content (AvgIpc) is 2.39. The van der Waals surface area contributed by atoms with Gasteiger partial charge in [-0.05, 0) is 45.8 Å². The molecule has 0 amide bonds. The van der Waals surface area contributed by atoms with Crippen LogP contribution in [0.5, 0.6) is 0 Å². The van der Waals surface area contributed by atoms with Crippen LogP contribution in [-0.4, -0.2) is 4.92 Å². The van der Waals surface area contributed by atoms with Gasteiger partial charge < -0.3 is 5.32 Å². The van der Waals surface area contributed by atoms with Crippen molar-refractivity contribution in [1.29, 1.82) is 0 Å². The first kappa shape index (κ1) is 15.3. The van der Waals surface area contributed by atoms with Gasteiger partial charge in [0.15, 0.2) is 0 Å². The Morgan fingerprint density at radius 3 is 2.60 bits per heavy atom. The van der Waals surface area contributed by atoms with Gasteiger partial charge in [-0.2, -0.15) is 0 Å². The fourth-order valence-corrected chi connectivity index (χ4v) is 3.01. The Hall–Kier alpha value is -1.11. The van der Waals surface area contributed by atoms with Crippen LogP contribution in [0.15, 0.2) is 45.3 Å². The second kappa shape index (κ2) is 6.56. The minimum absolute atomic E-state index is 0.0288. The number of hydrogen-bond donors (Lipinski definition) is 1. The molecule has 0 unspecified atom stereocenters. The van der Waals surface area contributed by atoms with Crippen LogP contribution < -0.4 is 5.32 Å². The molecule has 0 saturated carbocycles. The van der Waals surface area contributed by atoms with E-state index in [1.165, 1.54) is 18.2 Å². The minimum atomic E-state index is -0.435. The van der Waals surface area contributed by atoms with E-state index in [1.54, 1.807) is 0 Å². The summed E-state index contributed by atoms with van der Waals surface area (Å²) in [5.74, 6) is 0. The minimum Gasteiger partial charge on any atom is -0.380 e. The average molecular weight is 420 g/mol. The summed E-state index contributed by atoms with van der Waals surface area (Å²) in [4.78, 5) is 10.3. The number of nitro benzene ring substituents is 1. The first-order valence-corrected chi connectivity index (χ1v) is 7.55. The standard InChI is InChI=1S/C13H9Br2ClN2O2/c14-9-1-4-13(11(15)6-9)17-7-8-5-10(18(19)20)2-3-12(8)16/h1-6,17H,7H2. The lowest BCUT2D eigenvalue weighted by Gasteiger charge is -2.10. The van der Waals surface area contributed by atoms with Gasteiger partial charge in [0.05, 0.1) is 4.92 Å². The summed E-state index contributed by atoms with van der Waals surface area (Å²) in [7, 11) is 0. The van der Waals surface area contributed by atoms with Crippen LogP contribution in [0.1, 0.15) is 5.56 Å². The molecule has 0 aliphatic rings. The first-order chi connectivity index (χ1) is 9.47. The van der Waals surface area contributed by atoms with E-state index < -0.39 is 4.92 Å². The Bertz CT molecular complexity index is 665. The topological polar surface area (TPSA) is 55.2 Å². The predicted molar refractivity (Wildman–Crippen MR) is 87.3 cm³/mol. The monoisotopic (exact) mass is 418 g/mol. The number of nitrogens with one attached hydrogen (secondary N) is 1. The lowest BCUT2D eigenvalue weighted by molar-refractivity contribution is -0.384. The molecule has 2 aromatic carbocycles. The van der Waals surface area contributed by atoms with Gasteiger partial charge in [-0.25, -0.2) is 0 Å². The third kappa shape index (κ3) is 3.71. The zero-order valence-electron chi connectivity index (χ0n) is 10.1. The molecule has 0 fully saturated rings. The SMILES string of the molecule is O=[N+]([O-])c1ccc(Cl)c(CNc2ccc(Br)cc2Br)c1. The van der Waals surface area contributed by atoms with E-state index in [4.69, 9.17) is 11.6 Å². The number of nitro groups is 1. The summed E-state index contributed by atoms with van der Waals surface area (Å²) in [6.07, 6.45) is 0. The molecule has 0 bridgehead atoms. The Balaban J connectivity index is 2.18. The Labute approximate surface area is 137 Å². The van der Waals surface area contributed by atoms with E-state index in [-0.39, 0.29) is 5.69 Å². The van der Waals surface area contributed by atoms with Crippen molar-refractivity contribution in [2.75, 3.05) is 5.32 Å². The first-order valence-electron chi connectivity index (χ1n) is 5.59. The van der Waals surface area contributed by atoms with E-state index in [9.17, 15) is 10.1 Å². The van der Waals surface area contributed by atoms with Crippen LogP contribution in [0, 0.1) is 10.1 Å². The number of rotatable bonds is 4. The Morgan fingerprint density at radius 1 is 1.20 bits per heavy atom. The van der Waals surface area contributed by atoms with Crippen LogP contribution in [-0.2, 0) is 6.54 Å². The molecular formula is C13H9Br2ClN2O2. The molecule has 2 aromatic rings. The van der Waals surface area contributed by atoms with Crippen molar-refractivity contribution >= 4 is 54.8 Å². The summed E-state index contributed by atoms with van der Waals surface area (Å²) in [5.41, 5.74) is 1.59. The summed E-state index contributed by atoms with van der Waals surface area (Å²) in [6, 6.07) is 10.1. The normalized spacial score (nSPS) is 10.3. The molecule has 4 nitrogen and oxygen atoms in total. The van der Waals surface area contributed by atoms with Crippen LogP contribution in [0.4, 0.5) is 11.4 Å². The highest BCUT2D eigenvalue weighted by Gasteiger charge is 2.10. The van der Waals surface area contributed by atoms with E-state index in [0.29, 0.717) is 17.1 Å². The molecule has 7 heteroatoms. The summed E-state index contributed by atoms with van der Waals surface area (Å²) >= 11 is 12.9. The van der Waals surface area contributed by atoms with E-state index in [2.05, 4.69) is 37.2 Å². The molecule has 0 spiro atoms. The number of hydrogen-bond acceptors (Lipinski definition) is 3. The maximum Gasteiger partial charge on any atom is 0.269 e. The van der Waals surface area contributed by atoms with Gasteiger partial charge in [0.25, 0.3) is 5.69 Å². The third-order valence-electron chi connectivity index (χ3n) is 2.64. The number of non-ortho nitro benzene ring substituents is 1. The Kier molecular flexibility index (Phi) is 5.01. The van der Waals surface area contributed by atoms with E-state index in [1.807, 2.05) is 18.2 Å². The van der Waals surface area contributed by atoms with Crippen molar-refractivity contribution < 1.29 is 4.92 Å². The lowest BCUT2D eigenvalue weighted by atomic mass is 10.2. The molecule has 20 heavy (non-hydrogen) atoms. The molecule has 0 atom stereocenters. The molecule has 104 valence electrons. The molecular weight excluding hydrogens is 411 g/mol. The largest absolute Gasteiger partial charge is 0.380 e. The number of nitrogens with zero attached hydrogens (tertiary/aromatic N) is 1. The van der Waals surface area contributed by atoms with Gasteiger partial charge in [0, 0.05) is 38.3 Å². The summed E-state index contributed by atoms with van der Waals surface area (Å²) in [5, 5.41) is 14.4. The van der Waals surface area contributed by atoms with Crippen molar-refractivity contribution in [2.45, 2.75) is 6.54 Å². The molecule has 0 saturated heterocycles. The number of benzene rings is 2. The highest BCUT2D eigenvalue weighted by atomic mass is 79.9. The summed E-state index contributed by atoms with van der Waals surface area (Å²) < 4.78 is 1.86. The fraction of sp³-hybridized carbons (Fsp3) is 0.0769. The van der Waals surface area contributed by atoms with Crippen molar-refractivity contribution in [3.63, 3.8) is 0 Å². The van der Waals surface area contributed by atoms with Crippen molar-refractivity contribution in [3.05, 3.63) is 66.0 Å². The zero-order valence-corrected chi connectivity index (χ0v) is 14.0. The van der Waals surface area contributed by atoms with E-state index >= 15 is 0 Å². The lowest BCUT2D eigenvalue weighted by Crippen LogP contribution is -2.01. The summed E-state index contributed by atoms with van der Waals surface area (Å²) in [6.45, 7) is 0.404. The van der Waals surface area contributed by atoms with Gasteiger partial charge >= 0.3 is 0 Å². The highest BCUT2D eigenvalue weighted by molar-refractivity contribution is 9.11. The molecule has 0 aliphatic heterocycles. The quantitative estimate of drug-likeness (QED) is 0.533. The molecule has 2 rings (SSSR count). The maximum absolute atomic E-state index is 10.8. The van der Waals surface area contributed by atoms with Gasteiger partial charge in [-0.3, -0.25) is 10.1 Å². The van der Waals surface area contributed by atoms with Crippen molar-refractivity contribution in [1.82, 2.24) is 0 Å². The smallest absolute Gasteiger partial charge is 0.269 e. The van der Waals surface area contributed by atoms with Gasteiger partial charge in [-0.1, -0.05) is 27.5 Å². The number of anilines is 1. The highest BCUT2D eigenvalue weighted by Crippen LogP contribution is 2.28. The second-order valence-electron chi connectivity index (χ2n) is 4.01. The molecule has 1 N–H and O–H groups in total. The molecule has 0 heterocycles. The maximum atomic E-state index is 10.8. The predicted octanol–water partition coefficient (Wildman–Crippen LogP) is 5.39. The van der Waals surface area contributed by atoms with E-state index in [0.717, 1.165) is 14.6 Å². The van der Waals surface area contributed by atoms with Gasteiger partial charge in [0.2, 0.25) is 0 Å². The van der Waals surface area contributed by atoms with Crippen LogP contribution in [0.2, 0.25) is 5.02 Å². The number of halogens is 3. The van der Waals surface area contributed by atoms with Crippen molar-refractivity contribution in [3.8, 4) is 0 Å².